The first-order valence-corrected chi connectivity index (χ1v) is 4.83. The van der Waals surface area contributed by atoms with E-state index in [2.05, 4.69) is 15.9 Å². The van der Waals surface area contributed by atoms with E-state index in [0.29, 0.717) is 18.4 Å². The van der Waals surface area contributed by atoms with Crippen LogP contribution in [0.1, 0.15) is 22.3 Å². The summed E-state index contributed by atoms with van der Waals surface area (Å²) < 4.78 is 0.732. The number of hydrogen-bond donors (Lipinski definition) is 1. The van der Waals surface area contributed by atoms with E-state index >= 15 is 0 Å². The van der Waals surface area contributed by atoms with Gasteiger partial charge in [0.1, 0.15) is 0 Å². The summed E-state index contributed by atoms with van der Waals surface area (Å²) in [6.45, 7) is 0. The van der Waals surface area contributed by atoms with E-state index in [1.54, 1.807) is 18.2 Å². The molecule has 0 amide bonds. The first-order valence-electron chi connectivity index (χ1n) is 4.04. The topological polar surface area (TPSA) is 61.1 Å². The Labute approximate surface area is 90.1 Å². The molecule has 0 aliphatic rings. The summed E-state index contributed by atoms with van der Waals surface area (Å²) >= 11 is 3.20. The predicted molar refractivity (Wildman–Crippen MR) is 55.0 cm³/mol. The van der Waals surface area contributed by atoms with Crippen LogP contribution >= 0.6 is 15.9 Å². The number of hydrogen-bond acceptors (Lipinski definition) is 2. The van der Waals surface area contributed by atoms with Gasteiger partial charge in [0.25, 0.3) is 0 Å². The Bertz CT molecular complexity index is 396. The van der Waals surface area contributed by atoms with Crippen molar-refractivity contribution in [3.8, 4) is 6.07 Å². The summed E-state index contributed by atoms with van der Waals surface area (Å²) in [5.41, 5.74) is 0.955. The van der Waals surface area contributed by atoms with Gasteiger partial charge in [0.05, 0.1) is 11.6 Å². The van der Waals surface area contributed by atoms with Crippen molar-refractivity contribution < 1.29 is 9.90 Å². The molecular weight excluding hydrogens is 246 g/mol. The minimum atomic E-state index is -0.959. The second-order valence-corrected chi connectivity index (χ2v) is 3.68. The number of carboxylic acid groups (broad SMARTS) is 1. The Kier molecular flexibility index (Phi) is 3.66. The standard InChI is InChI=1S/C10H8BrNO2/c11-8-4-3-7(2-1-5-12)9(6-8)10(13)14/h3-4,6H,1-2H2,(H,13,14). The molecule has 0 aromatic heterocycles. The second-order valence-electron chi connectivity index (χ2n) is 2.76. The third kappa shape index (κ3) is 2.57. The first kappa shape index (κ1) is 10.7. The lowest BCUT2D eigenvalue weighted by atomic mass is 10.0. The SMILES string of the molecule is N#CCCc1ccc(Br)cc1C(=O)O. The number of carboxylic acids is 1. The lowest BCUT2D eigenvalue weighted by molar-refractivity contribution is 0.0695. The van der Waals surface area contributed by atoms with Gasteiger partial charge in [-0.25, -0.2) is 4.79 Å². The maximum Gasteiger partial charge on any atom is 0.336 e. The molecule has 0 spiro atoms. The van der Waals surface area contributed by atoms with E-state index in [0.717, 1.165) is 4.47 Å². The van der Waals surface area contributed by atoms with Crippen LogP contribution in [0.2, 0.25) is 0 Å². The van der Waals surface area contributed by atoms with Gasteiger partial charge in [-0.3, -0.25) is 0 Å². The van der Waals surface area contributed by atoms with Crippen LogP contribution in [0.25, 0.3) is 0 Å². The highest BCUT2D eigenvalue weighted by Gasteiger charge is 2.09. The summed E-state index contributed by atoms with van der Waals surface area (Å²) in [6, 6.07) is 7.05. The van der Waals surface area contributed by atoms with Crippen molar-refractivity contribution in [2.75, 3.05) is 0 Å². The maximum atomic E-state index is 10.8. The van der Waals surface area contributed by atoms with Crippen LogP contribution in [0.15, 0.2) is 22.7 Å². The fraction of sp³-hybridized carbons (Fsp3) is 0.200. The molecule has 0 saturated carbocycles. The molecule has 1 aromatic rings. The van der Waals surface area contributed by atoms with E-state index in [1.807, 2.05) is 6.07 Å². The maximum absolute atomic E-state index is 10.8. The van der Waals surface area contributed by atoms with E-state index in [4.69, 9.17) is 10.4 Å². The van der Waals surface area contributed by atoms with Crippen molar-refractivity contribution in [1.82, 2.24) is 0 Å². The zero-order chi connectivity index (χ0) is 10.6. The minimum absolute atomic E-state index is 0.259. The molecule has 1 aromatic carbocycles. The van der Waals surface area contributed by atoms with Crippen LogP contribution in [0.4, 0.5) is 0 Å². The molecule has 1 rings (SSSR count). The molecule has 0 aliphatic carbocycles. The van der Waals surface area contributed by atoms with Crippen LogP contribution in [0, 0.1) is 11.3 Å². The van der Waals surface area contributed by atoms with Gasteiger partial charge < -0.3 is 5.11 Å². The Morgan fingerprint density at radius 3 is 2.86 bits per heavy atom. The number of rotatable bonds is 3. The van der Waals surface area contributed by atoms with Gasteiger partial charge in [-0.2, -0.15) is 5.26 Å². The van der Waals surface area contributed by atoms with Gasteiger partial charge >= 0.3 is 5.97 Å². The monoisotopic (exact) mass is 253 g/mol. The Hall–Kier alpha value is -1.34. The summed E-state index contributed by atoms with van der Waals surface area (Å²) in [6.07, 6.45) is 0.813. The molecule has 0 radical (unpaired) electrons. The molecule has 0 atom stereocenters. The molecule has 0 unspecified atom stereocenters. The summed E-state index contributed by atoms with van der Waals surface area (Å²) in [5, 5.41) is 17.3. The third-order valence-corrected chi connectivity index (χ3v) is 2.30. The van der Waals surface area contributed by atoms with Crippen LogP contribution in [-0.2, 0) is 6.42 Å². The van der Waals surface area contributed by atoms with Gasteiger partial charge in [-0.05, 0) is 24.1 Å². The normalized spacial score (nSPS) is 9.43. The van der Waals surface area contributed by atoms with Crippen LogP contribution in [0.3, 0.4) is 0 Å². The summed E-state index contributed by atoms with van der Waals surface area (Å²) in [7, 11) is 0. The number of nitriles is 1. The van der Waals surface area contributed by atoms with E-state index in [1.165, 1.54) is 0 Å². The number of aromatic carboxylic acids is 1. The number of halogens is 1. The minimum Gasteiger partial charge on any atom is -0.478 e. The number of aryl methyl sites for hydroxylation is 1. The van der Waals surface area contributed by atoms with Gasteiger partial charge in [-0.1, -0.05) is 22.0 Å². The van der Waals surface area contributed by atoms with Crippen molar-refractivity contribution in [1.29, 1.82) is 5.26 Å². The van der Waals surface area contributed by atoms with Crippen LogP contribution in [0.5, 0.6) is 0 Å². The molecule has 72 valence electrons. The molecular formula is C10H8BrNO2. The van der Waals surface area contributed by atoms with Gasteiger partial charge in [0.2, 0.25) is 0 Å². The zero-order valence-electron chi connectivity index (χ0n) is 7.33. The second kappa shape index (κ2) is 4.77. The number of nitrogens with zero attached hydrogens (tertiary/aromatic N) is 1. The van der Waals surface area contributed by atoms with Gasteiger partial charge in [0.15, 0.2) is 0 Å². The third-order valence-electron chi connectivity index (χ3n) is 1.81. The predicted octanol–water partition coefficient (Wildman–Crippen LogP) is 2.60. The molecule has 0 saturated heterocycles. The lowest BCUT2D eigenvalue weighted by Gasteiger charge is -2.03. The molecule has 3 nitrogen and oxygen atoms in total. The van der Waals surface area contributed by atoms with Gasteiger partial charge in [-0.15, -0.1) is 0 Å². The first-order chi connectivity index (χ1) is 6.65. The fourth-order valence-electron chi connectivity index (χ4n) is 1.16. The zero-order valence-corrected chi connectivity index (χ0v) is 8.91. The van der Waals surface area contributed by atoms with Crippen molar-refractivity contribution in [2.45, 2.75) is 12.8 Å². The Morgan fingerprint density at radius 1 is 1.57 bits per heavy atom. The van der Waals surface area contributed by atoms with Crippen LogP contribution < -0.4 is 0 Å². The van der Waals surface area contributed by atoms with Crippen molar-refractivity contribution in [3.63, 3.8) is 0 Å². The lowest BCUT2D eigenvalue weighted by Crippen LogP contribution is -2.02. The summed E-state index contributed by atoms with van der Waals surface area (Å²) in [5.74, 6) is -0.959. The van der Waals surface area contributed by atoms with Crippen molar-refractivity contribution >= 4 is 21.9 Å². The highest BCUT2D eigenvalue weighted by atomic mass is 79.9. The van der Waals surface area contributed by atoms with E-state index in [9.17, 15) is 4.79 Å². The molecule has 0 fully saturated rings. The van der Waals surface area contributed by atoms with Gasteiger partial charge in [0, 0.05) is 10.9 Å². The molecule has 14 heavy (non-hydrogen) atoms. The fourth-order valence-corrected chi connectivity index (χ4v) is 1.52. The Balaban J connectivity index is 3.03. The number of carbonyl (C=O) groups is 1. The van der Waals surface area contributed by atoms with Crippen LogP contribution in [-0.4, -0.2) is 11.1 Å². The average molecular weight is 254 g/mol. The van der Waals surface area contributed by atoms with E-state index in [-0.39, 0.29) is 5.56 Å². The summed E-state index contributed by atoms with van der Waals surface area (Å²) in [4.78, 5) is 10.8. The van der Waals surface area contributed by atoms with E-state index < -0.39 is 5.97 Å². The molecule has 4 heteroatoms. The molecule has 1 N–H and O–H groups in total. The smallest absolute Gasteiger partial charge is 0.336 e. The average Bonchev–Trinajstić information content (AvgIpc) is 2.15. The van der Waals surface area contributed by atoms with Crippen molar-refractivity contribution in [3.05, 3.63) is 33.8 Å². The highest BCUT2D eigenvalue weighted by molar-refractivity contribution is 9.10. The quantitative estimate of drug-likeness (QED) is 0.901. The number of benzene rings is 1. The Morgan fingerprint density at radius 2 is 2.29 bits per heavy atom. The highest BCUT2D eigenvalue weighted by Crippen LogP contribution is 2.17. The molecule has 0 aliphatic heterocycles. The molecule has 0 bridgehead atoms. The van der Waals surface area contributed by atoms with Crippen molar-refractivity contribution in [2.24, 2.45) is 0 Å². The largest absolute Gasteiger partial charge is 0.478 e. The molecule has 0 heterocycles.